The van der Waals surface area contributed by atoms with Crippen LogP contribution in [0.5, 0.6) is 0 Å². The van der Waals surface area contributed by atoms with Gasteiger partial charge in [0.2, 0.25) is 5.91 Å². The molecular weight excluding hydrogens is 474 g/mol. The van der Waals surface area contributed by atoms with E-state index in [0.717, 1.165) is 16.0 Å². The molecule has 2 atom stereocenters. The van der Waals surface area contributed by atoms with Crippen LogP contribution < -0.4 is 5.32 Å². The summed E-state index contributed by atoms with van der Waals surface area (Å²) in [5.74, 6) is -4.76. The fourth-order valence-electron chi connectivity index (χ4n) is 4.24. The van der Waals surface area contributed by atoms with Crippen molar-refractivity contribution in [2.45, 2.75) is 38.3 Å². The molecule has 1 fully saturated rings. The Kier molecular flexibility index (Phi) is 6.73. The molecule has 0 aliphatic carbocycles. The molecule has 2 amide bonds. The van der Waals surface area contributed by atoms with Gasteiger partial charge in [0.15, 0.2) is 0 Å². The smallest absolute Gasteiger partial charge is 0.268 e. The Morgan fingerprint density at radius 3 is 2.51 bits per heavy atom. The summed E-state index contributed by atoms with van der Waals surface area (Å²) >= 11 is 5.99. The van der Waals surface area contributed by atoms with Gasteiger partial charge in [0.25, 0.3) is 11.8 Å². The van der Waals surface area contributed by atoms with Gasteiger partial charge in [-0.25, -0.2) is 8.78 Å². The average Bonchev–Trinajstić information content (AvgIpc) is 3.16. The molecule has 0 radical (unpaired) electrons. The van der Waals surface area contributed by atoms with Crippen molar-refractivity contribution in [2.24, 2.45) is 5.92 Å². The number of rotatable bonds is 5. The molecule has 2 aromatic carbocycles. The lowest BCUT2D eigenvalue weighted by molar-refractivity contribution is -0.135. The minimum Gasteiger partial charge on any atom is -0.340 e. The summed E-state index contributed by atoms with van der Waals surface area (Å²) in [6.07, 6.45) is 0.786. The van der Waals surface area contributed by atoms with Crippen molar-refractivity contribution in [2.75, 3.05) is 6.54 Å². The number of likely N-dealkylation sites (tertiary alicyclic amines) is 1. The van der Waals surface area contributed by atoms with E-state index in [0.29, 0.717) is 21.5 Å². The first-order valence-corrected chi connectivity index (χ1v) is 11.5. The SMILES string of the molecule is CC(C)C(NC(=O)c1ccnc2ccc(-c3ccc(Cl)cc3)cc12)C(=O)N1CC(F)(F)CC1C#N. The van der Waals surface area contributed by atoms with E-state index in [-0.39, 0.29) is 0 Å². The van der Waals surface area contributed by atoms with Crippen LogP contribution in [0.25, 0.3) is 22.0 Å². The summed E-state index contributed by atoms with van der Waals surface area (Å²) in [4.78, 5) is 31.7. The highest BCUT2D eigenvalue weighted by atomic mass is 35.5. The second kappa shape index (κ2) is 9.59. The number of pyridine rings is 1. The molecule has 4 rings (SSSR count). The number of fused-ring (bicyclic) bond motifs is 1. The van der Waals surface area contributed by atoms with Crippen LogP contribution in [-0.4, -0.2) is 46.2 Å². The molecule has 1 aliphatic rings. The minimum absolute atomic E-state index is 0.299. The number of halogens is 3. The molecule has 9 heteroatoms. The van der Waals surface area contributed by atoms with E-state index in [1.165, 1.54) is 6.20 Å². The summed E-state index contributed by atoms with van der Waals surface area (Å²) in [6, 6.07) is 13.8. The fourth-order valence-corrected chi connectivity index (χ4v) is 4.37. The summed E-state index contributed by atoms with van der Waals surface area (Å²) in [5.41, 5.74) is 2.64. The predicted octanol–water partition coefficient (Wildman–Crippen LogP) is 5.07. The Bertz CT molecular complexity index is 1320. The zero-order valence-electron chi connectivity index (χ0n) is 19.1. The van der Waals surface area contributed by atoms with Crippen LogP contribution in [0.1, 0.15) is 30.6 Å². The Labute approximate surface area is 206 Å². The molecule has 2 heterocycles. The molecular formula is C26H23ClF2N4O2. The molecule has 6 nitrogen and oxygen atoms in total. The average molecular weight is 497 g/mol. The number of aromatic nitrogens is 1. The highest BCUT2D eigenvalue weighted by molar-refractivity contribution is 6.30. The van der Waals surface area contributed by atoms with Crippen molar-refractivity contribution in [1.82, 2.24) is 15.2 Å². The maximum Gasteiger partial charge on any atom is 0.268 e. The Balaban J connectivity index is 1.64. The molecule has 1 aliphatic heterocycles. The zero-order chi connectivity index (χ0) is 25.3. The molecule has 0 spiro atoms. The van der Waals surface area contributed by atoms with Crippen LogP contribution in [0.2, 0.25) is 5.02 Å². The topological polar surface area (TPSA) is 86.1 Å². The van der Waals surface area contributed by atoms with Gasteiger partial charge in [0, 0.05) is 23.0 Å². The molecule has 0 saturated carbocycles. The number of carbonyl (C=O) groups excluding carboxylic acids is 2. The largest absolute Gasteiger partial charge is 0.340 e. The van der Waals surface area contributed by atoms with Gasteiger partial charge in [-0.2, -0.15) is 5.26 Å². The van der Waals surface area contributed by atoms with Crippen molar-refractivity contribution in [1.29, 1.82) is 5.26 Å². The lowest BCUT2D eigenvalue weighted by atomic mass is 9.99. The van der Waals surface area contributed by atoms with Crippen molar-refractivity contribution >= 4 is 34.3 Å². The molecule has 180 valence electrons. The first-order chi connectivity index (χ1) is 16.6. The number of amides is 2. The summed E-state index contributed by atoms with van der Waals surface area (Å²) in [6.45, 7) is 2.58. The normalized spacial score (nSPS) is 17.9. The maximum atomic E-state index is 13.9. The second-order valence-electron chi connectivity index (χ2n) is 8.96. The third kappa shape index (κ3) is 5.10. The van der Waals surface area contributed by atoms with Gasteiger partial charge in [-0.1, -0.05) is 43.6 Å². The van der Waals surface area contributed by atoms with Crippen molar-refractivity contribution < 1.29 is 18.4 Å². The molecule has 2 unspecified atom stereocenters. The van der Waals surface area contributed by atoms with Crippen LogP contribution in [0.3, 0.4) is 0 Å². The number of hydrogen-bond donors (Lipinski definition) is 1. The lowest BCUT2D eigenvalue weighted by Crippen LogP contribution is -2.52. The van der Waals surface area contributed by atoms with Gasteiger partial charge in [0.05, 0.1) is 23.7 Å². The van der Waals surface area contributed by atoms with Gasteiger partial charge in [-0.05, 0) is 47.4 Å². The van der Waals surface area contributed by atoms with Crippen LogP contribution in [-0.2, 0) is 4.79 Å². The Hall–Kier alpha value is -3.57. The fraction of sp³-hybridized carbons (Fsp3) is 0.308. The number of carbonyl (C=O) groups is 2. The molecule has 1 saturated heterocycles. The number of alkyl halides is 2. The van der Waals surface area contributed by atoms with Gasteiger partial charge in [0.1, 0.15) is 12.1 Å². The molecule has 3 aromatic rings. The lowest BCUT2D eigenvalue weighted by Gasteiger charge is -2.28. The van der Waals surface area contributed by atoms with Crippen molar-refractivity contribution in [3.63, 3.8) is 0 Å². The quantitative estimate of drug-likeness (QED) is 0.534. The zero-order valence-corrected chi connectivity index (χ0v) is 19.9. The summed E-state index contributed by atoms with van der Waals surface area (Å²) in [5, 5.41) is 13.2. The Morgan fingerprint density at radius 1 is 1.17 bits per heavy atom. The van der Waals surface area contributed by atoms with E-state index < -0.39 is 48.7 Å². The van der Waals surface area contributed by atoms with Crippen LogP contribution >= 0.6 is 11.6 Å². The minimum atomic E-state index is -3.14. The standard InChI is InChI=1S/C26H23ClF2N4O2/c1-15(2)23(25(35)33-14-26(28,29)12-19(33)13-30)32-24(34)20-9-10-31-22-8-5-17(11-21(20)22)16-3-6-18(27)7-4-16/h3-11,15,19,23H,12,14H2,1-2H3,(H,32,34). The van der Waals surface area contributed by atoms with Crippen molar-refractivity contribution in [3.8, 4) is 17.2 Å². The summed E-state index contributed by atoms with van der Waals surface area (Å²) in [7, 11) is 0. The van der Waals surface area contributed by atoms with Crippen molar-refractivity contribution in [3.05, 3.63) is 65.3 Å². The van der Waals surface area contributed by atoms with E-state index in [2.05, 4.69) is 10.3 Å². The maximum absolute atomic E-state index is 13.9. The predicted molar refractivity (Wildman–Crippen MR) is 129 cm³/mol. The van der Waals surface area contributed by atoms with Crippen LogP contribution in [0.15, 0.2) is 54.7 Å². The Morgan fingerprint density at radius 2 is 1.86 bits per heavy atom. The van der Waals surface area contributed by atoms with Gasteiger partial charge < -0.3 is 10.2 Å². The first-order valence-electron chi connectivity index (χ1n) is 11.1. The molecule has 35 heavy (non-hydrogen) atoms. The number of nitriles is 1. The van der Waals surface area contributed by atoms with Crippen LogP contribution in [0.4, 0.5) is 8.78 Å². The monoisotopic (exact) mass is 496 g/mol. The highest BCUT2D eigenvalue weighted by Crippen LogP contribution is 2.33. The number of hydrogen-bond acceptors (Lipinski definition) is 4. The van der Waals surface area contributed by atoms with E-state index in [4.69, 9.17) is 11.6 Å². The number of benzene rings is 2. The van der Waals surface area contributed by atoms with Crippen LogP contribution in [0, 0.1) is 17.2 Å². The second-order valence-corrected chi connectivity index (χ2v) is 9.40. The third-order valence-corrected chi connectivity index (χ3v) is 6.34. The van der Waals surface area contributed by atoms with E-state index in [9.17, 15) is 23.6 Å². The highest BCUT2D eigenvalue weighted by Gasteiger charge is 2.49. The first kappa shape index (κ1) is 24.6. The molecule has 1 aromatic heterocycles. The van der Waals surface area contributed by atoms with Gasteiger partial charge in [-0.3, -0.25) is 14.6 Å². The summed E-state index contributed by atoms with van der Waals surface area (Å²) < 4.78 is 27.8. The van der Waals surface area contributed by atoms with E-state index >= 15 is 0 Å². The van der Waals surface area contributed by atoms with E-state index in [1.54, 1.807) is 44.2 Å². The molecule has 0 bridgehead atoms. The number of nitrogens with zero attached hydrogens (tertiary/aromatic N) is 3. The third-order valence-electron chi connectivity index (χ3n) is 6.09. The van der Waals surface area contributed by atoms with E-state index in [1.807, 2.05) is 24.3 Å². The van der Waals surface area contributed by atoms with Gasteiger partial charge in [-0.15, -0.1) is 0 Å². The number of nitrogens with one attached hydrogen (secondary N) is 1. The molecule has 1 N–H and O–H groups in total. The van der Waals surface area contributed by atoms with Gasteiger partial charge >= 0.3 is 0 Å².